The molecule has 3 aromatic carbocycles. The Morgan fingerprint density at radius 1 is 0.886 bits per heavy atom. The third kappa shape index (κ3) is 4.59. The first-order chi connectivity index (χ1) is 16.8. The number of amidine groups is 1. The van der Waals surface area contributed by atoms with E-state index in [0.717, 1.165) is 0 Å². The van der Waals surface area contributed by atoms with Crippen molar-refractivity contribution in [1.82, 2.24) is 4.90 Å². The first-order valence-electron chi connectivity index (χ1n) is 11.1. The van der Waals surface area contributed by atoms with E-state index in [1.807, 2.05) is 4.90 Å². The highest BCUT2D eigenvalue weighted by Gasteiger charge is 2.34. The first-order valence-corrected chi connectivity index (χ1v) is 12.6. The number of likely N-dealkylation sites (tertiary alicyclic amines) is 1. The number of ether oxygens (including phenoxy) is 1. The summed E-state index contributed by atoms with van der Waals surface area (Å²) >= 11 is 0. The molecule has 0 amide bonds. The number of ketones is 1. The molecule has 0 aromatic heterocycles. The van der Waals surface area contributed by atoms with Crippen LogP contribution in [0.5, 0.6) is 5.75 Å². The van der Waals surface area contributed by atoms with E-state index >= 15 is 0 Å². The van der Waals surface area contributed by atoms with E-state index in [-0.39, 0.29) is 22.6 Å². The van der Waals surface area contributed by atoms with Crippen LogP contribution >= 0.6 is 0 Å². The van der Waals surface area contributed by atoms with Gasteiger partial charge >= 0.3 is 5.97 Å². The third-order valence-corrected chi connectivity index (χ3v) is 7.51. The van der Waals surface area contributed by atoms with Crippen LogP contribution in [0.25, 0.3) is 0 Å². The van der Waals surface area contributed by atoms with Crippen LogP contribution in [0.1, 0.15) is 34.3 Å². The van der Waals surface area contributed by atoms with Gasteiger partial charge in [0.2, 0.25) is 0 Å². The molecule has 0 bridgehead atoms. The van der Waals surface area contributed by atoms with Gasteiger partial charge in [-0.3, -0.25) is 9.59 Å². The zero-order valence-corrected chi connectivity index (χ0v) is 19.4. The largest absolute Gasteiger partial charge is 0.426 e. The number of carbonyl (C=O) groups excluding carboxylic acids is 2. The van der Waals surface area contributed by atoms with E-state index in [0.29, 0.717) is 54.2 Å². The summed E-state index contributed by atoms with van der Waals surface area (Å²) in [5.74, 6) is -0.624. The lowest BCUT2D eigenvalue weighted by Crippen LogP contribution is -2.41. The SMILES string of the molecule is O=C(c1ccc(F)cc1)c1ccc(OC(=O)C2CCN(C3=NS(=O)(=O)c4ccccc43)CC2)cc1. The highest BCUT2D eigenvalue weighted by molar-refractivity contribution is 7.90. The summed E-state index contributed by atoms with van der Waals surface area (Å²) in [6.45, 7) is 0.959. The standard InChI is InChI=1S/C26H21FN2O5S/c27-20-9-5-17(6-10-20)24(30)18-7-11-21(12-8-18)34-26(31)19-13-15-29(16-14-19)25-22-3-1-2-4-23(22)35(32,33)28-25/h1-12,19H,13-16H2. The molecule has 2 heterocycles. The molecule has 1 saturated heterocycles. The molecule has 35 heavy (non-hydrogen) atoms. The van der Waals surface area contributed by atoms with Gasteiger partial charge in [-0.05, 0) is 73.5 Å². The van der Waals surface area contributed by atoms with Crippen molar-refractivity contribution < 1.29 is 27.1 Å². The molecule has 0 unspecified atom stereocenters. The Labute approximate surface area is 201 Å². The van der Waals surface area contributed by atoms with E-state index in [1.165, 1.54) is 24.3 Å². The number of sulfonamides is 1. The molecular weight excluding hydrogens is 471 g/mol. The maximum absolute atomic E-state index is 13.1. The van der Waals surface area contributed by atoms with Gasteiger partial charge in [-0.15, -0.1) is 4.40 Å². The quantitative estimate of drug-likeness (QED) is 0.312. The number of nitrogens with zero attached hydrogens (tertiary/aromatic N) is 2. The molecule has 9 heteroatoms. The first kappa shape index (κ1) is 22.9. The number of halogens is 1. The number of rotatable bonds is 4. The average Bonchev–Trinajstić information content (AvgIpc) is 3.15. The monoisotopic (exact) mass is 492 g/mol. The Morgan fingerprint density at radius 2 is 1.49 bits per heavy atom. The van der Waals surface area contributed by atoms with Crippen molar-refractivity contribution in [2.24, 2.45) is 10.3 Å². The minimum Gasteiger partial charge on any atom is -0.426 e. The zero-order chi connectivity index (χ0) is 24.6. The van der Waals surface area contributed by atoms with Gasteiger partial charge in [0.05, 0.1) is 5.92 Å². The zero-order valence-electron chi connectivity index (χ0n) is 18.6. The molecule has 3 aromatic rings. The van der Waals surface area contributed by atoms with Gasteiger partial charge in [-0.1, -0.05) is 12.1 Å². The minimum atomic E-state index is -3.69. The van der Waals surface area contributed by atoms with Crippen LogP contribution < -0.4 is 4.74 Å². The Morgan fingerprint density at radius 3 is 2.14 bits per heavy atom. The van der Waals surface area contributed by atoms with Crippen molar-refractivity contribution in [3.63, 3.8) is 0 Å². The van der Waals surface area contributed by atoms with Crippen LogP contribution in [0.2, 0.25) is 0 Å². The van der Waals surface area contributed by atoms with Crippen LogP contribution in [-0.4, -0.2) is 44.0 Å². The van der Waals surface area contributed by atoms with Crippen molar-refractivity contribution >= 4 is 27.6 Å². The lowest BCUT2D eigenvalue weighted by atomic mass is 9.96. The second-order valence-electron chi connectivity index (χ2n) is 8.43. The third-order valence-electron chi connectivity index (χ3n) is 6.18. The molecule has 178 valence electrons. The number of fused-ring (bicyclic) bond motifs is 1. The topological polar surface area (TPSA) is 93.1 Å². The summed E-state index contributed by atoms with van der Waals surface area (Å²) in [5, 5.41) is 0. The van der Waals surface area contributed by atoms with Crippen LogP contribution in [0.15, 0.2) is 82.1 Å². The Kier molecular flexibility index (Phi) is 5.94. The van der Waals surface area contributed by atoms with E-state index in [4.69, 9.17) is 4.74 Å². The summed E-state index contributed by atoms with van der Waals surface area (Å²) in [7, 11) is -3.69. The average molecular weight is 493 g/mol. The van der Waals surface area contributed by atoms with E-state index in [1.54, 1.807) is 48.5 Å². The van der Waals surface area contributed by atoms with Gasteiger partial charge in [-0.25, -0.2) is 4.39 Å². The predicted octanol–water partition coefficient (Wildman–Crippen LogP) is 3.82. The molecule has 2 aliphatic rings. The Bertz CT molecular complexity index is 1430. The Hall–Kier alpha value is -3.85. The van der Waals surface area contributed by atoms with Crippen LogP contribution in [0.3, 0.4) is 0 Å². The van der Waals surface area contributed by atoms with E-state index in [9.17, 15) is 22.4 Å². The van der Waals surface area contributed by atoms with Gasteiger partial charge in [-0.2, -0.15) is 8.42 Å². The van der Waals surface area contributed by atoms with Crippen molar-refractivity contribution in [3.05, 3.63) is 95.3 Å². The molecule has 2 aliphatic heterocycles. The number of hydrogen-bond acceptors (Lipinski definition) is 6. The summed E-state index contributed by atoms with van der Waals surface area (Å²) in [5.41, 5.74) is 1.35. The molecule has 0 radical (unpaired) electrons. The second kappa shape index (κ2) is 9.07. The van der Waals surface area contributed by atoms with Crippen molar-refractivity contribution in [2.45, 2.75) is 17.7 Å². The normalized spacial score (nSPS) is 16.9. The molecule has 1 fully saturated rings. The molecule has 0 aliphatic carbocycles. The summed E-state index contributed by atoms with van der Waals surface area (Å²) in [4.78, 5) is 27.3. The molecule has 7 nitrogen and oxygen atoms in total. The molecule has 0 saturated carbocycles. The number of hydrogen-bond donors (Lipinski definition) is 0. The molecule has 0 atom stereocenters. The van der Waals surface area contributed by atoms with Gasteiger partial charge in [0.1, 0.15) is 16.5 Å². The fraction of sp³-hybridized carbons (Fsp3) is 0.192. The number of benzene rings is 3. The number of esters is 1. The van der Waals surface area contributed by atoms with E-state index < -0.39 is 15.8 Å². The second-order valence-corrected chi connectivity index (χ2v) is 10.0. The van der Waals surface area contributed by atoms with Gasteiger partial charge in [0, 0.05) is 29.8 Å². The fourth-order valence-electron chi connectivity index (χ4n) is 4.29. The summed E-state index contributed by atoms with van der Waals surface area (Å²) in [6, 6.07) is 18.3. The highest BCUT2D eigenvalue weighted by Crippen LogP contribution is 2.30. The predicted molar refractivity (Wildman–Crippen MR) is 126 cm³/mol. The molecule has 5 rings (SSSR count). The fourth-order valence-corrected chi connectivity index (χ4v) is 5.51. The summed E-state index contributed by atoms with van der Waals surface area (Å²) < 4.78 is 47.2. The lowest BCUT2D eigenvalue weighted by Gasteiger charge is -2.32. The highest BCUT2D eigenvalue weighted by atomic mass is 32.2. The lowest BCUT2D eigenvalue weighted by molar-refractivity contribution is -0.140. The Balaban J connectivity index is 1.19. The minimum absolute atomic E-state index is 0.206. The smallest absolute Gasteiger partial charge is 0.314 e. The molecule has 0 N–H and O–H groups in total. The van der Waals surface area contributed by atoms with Crippen LogP contribution in [-0.2, 0) is 14.8 Å². The van der Waals surface area contributed by atoms with Crippen molar-refractivity contribution in [1.29, 1.82) is 0 Å². The van der Waals surface area contributed by atoms with Crippen molar-refractivity contribution in [3.8, 4) is 5.75 Å². The number of carbonyl (C=O) groups is 2. The molecular formula is C26H21FN2O5S. The van der Waals surface area contributed by atoms with Gasteiger partial charge in [0.15, 0.2) is 11.6 Å². The van der Waals surface area contributed by atoms with Crippen molar-refractivity contribution in [2.75, 3.05) is 13.1 Å². The maximum atomic E-state index is 13.1. The number of piperidine rings is 1. The van der Waals surface area contributed by atoms with Crippen LogP contribution in [0.4, 0.5) is 4.39 Å². The van der Waals surface area contributed by atoms with Crippen LogP contribution in [0, 0.1) is 11.7 Å². The van der Waals surface area contributed by atoms with Gasteiger partial charge < -0.3 is 9.64 Å². The van der Waals surface area contributed by atoms with Gasteiger partial charge in [0.25, 0.3) is 10.0 Å². The van der Waals surface area contributed by atoms with E-state index in [2.05, 4.69) is 4.40 Å². The summed E-state index contributed by atoms with van der Waals surface area (Å²) in [6.07, 6.45) is 1.00. The molecule has 0 spiro atoms. The maximum Gasteiger partial charge on any atom is 0.314 e.